The zero-order valence-corrected chi connectivity index (χ0v) is 16.4. The molecule has 140 valence electrons. The second kappa shape index (κ2) is 9.87. The standard InChI is InChI=1S/C20H21BrN4O2/c21-18-6-2-7-19(11-18)27-9-3-8-20(26)23-12-16-4-1-5-17(10-16)13-25-15-22-14-24-25/h1-2,4-7,10-11,14-15H,3,8-9,12-13H2,(H,23,26). The molecule has 27 heavy (non-hydrogen) atoms. The lowest BCUT2D eigenvalue weighted by atomic mass is 10.1. The lowest BCUT2D eigenvalue weighted by Crippen LogP contribution is -2.23. The molecule has 0 spiro atoms. The molecule has 0 aliphatic heterocycles. The highest BCUT2D eigenvalue weighted by molar-refractivity contribution is 9.10. The smallest absolute Gasteiger partial charge is 0.220 e. The number of halogens is 1. The van der Waals surface area contributed by atoms with Crippen molar-refractivity contribution in [3.8, 4) is 5.75 Å². The van der Waals surface area contributed by atoms with Crippen LogP contribution in [0.25, 0.3) is 0 Å². The largest absolute Gasteiger partial charge is 0.494 e. The van der Waals surface area contributed by atoms with Crippen molar-refractivity contribution in [2.45, 2.75) is 25.9 Å². The maximum atomic E-state index is 12.0. The van der Waals surface area contributed by atoms with Crippen molar-refractivity contribution in [1.82, 2.24) is 20.1 Å². The van der Waals surface area contributed by atoms with Gasteiger partial charge >= 0.3 is 0 Å². The number of rotatable bonds is 9. The fourth-order valence-corrected chi connectivity index (χ4v) is 2.99. The first-order valence-electron chi connectivity index (χ1n) is 8.74. The van der Waals surface area contributed by atoms with Crippen LogP contribution in [-0.2, 0) is 17.9 Å². The lowest BCUT2D eigenvalue weighted by molar-refractivity contribution is -0.121. The van der Waals surface area contributed by atoms with Gasteiger partial charge in [0.25, 0.3) is 0 Å². The van der Waals surface area contributed by atoms with Crippen molar-refractivity contribution in [3.05, 3.63) is 76.8 Å². The molecule has 0 radical (unpaired) electrons. The molecular formula is C20H21BrN4O2. The lowest BCUT2D eigenvalue weighted by Gasteiger charge is -2.09. The number of ether oxygens (including phenoxy) is 1. The van der Waals surface area contributed by atoms with Gasteiger partial charge in [-0.25, -0.2) is 9.67 Å². The highest BCUT2D eigenvalue weighted by atomic mass is 79.9. The average Bonchev–Trinajstić information content (AvgIpc) is 3.17. The number of nitrogens with one attached hydrogen (secondary N) is 1. The number of carbonyl (C=O) groups excluding carboxylic acids is 1. The molecule has 1 amide bonds. The molecular weight excluding hydrogens is 408 g/mol. The van der Waals surface area contributed by atoms with Crippen LogP contribution in [0, 0.1) is 0 Å². The second-order valence-corrected chi connectivity index (χ2v) is 7.01. The Morgan fingerprint density at radius 2 is 2.00 bits per heavy atom. The molecule has 1 aromatic heterocycles. The Labute approximate surface area is 166 Å². The molecule has 0 aliphatic rings. The highest BCUT2D eigenvalue weighted by Crippen LogP contribution is 2.17. The minimum absolute atomic E-state index is 0.0227. The van der Waals surface area contributed by atoms with Gasteiger partial charge in [0.15, 0.2) is 0 Å². The van der Waals surface area contributed by atoms with E-state index in [2.05, 4.69) is 37.4 Å². The number of carbonyl (C=O) groups is 1. The molecule has 0 saturated carbocycles. The Kier molecular flexibility index (Phi) is 6.98. The minimum Gasteiger partial charge on any atom is -0.494 e. The van der Waals surface area contributed by atoms with Gasteiger partial charge in [0.1, 0.15) is 18.4 Å². The highest BCUT2D eigenvalue weighted by Gasteiger charge is 2.04. The summed E-state index contributed by atoms with van der Waals surface area (Å²) in [6, 6.07) is 15.8. The molecule has 0 bridgehead atoms. The van der Waals surface area contributed by atoms with Crippen LogP contribution >= 0.6 is 15.9 Å². The Morgan fingerprint density at radius 1 is 1.15 bits per heavy atom. The Hall–Kier alpha value is -2.67. The molecule has 1 heterocycles. The van der Waals surface area contributed by atoms with Gasteiger partial charge in [-0.3, -0.25) is 4.79 Å². The van der Waals surface area contributed by atoms with Crippen LogP contribution in [0.1, 0.15) is 24.0 Å². The topological polar surface area (TPSA) is 69.0 Å². The van der Waals surface area contributed by atoms with Gasteiger partial charge in [-0.1, -0.05) is 46.3 Å². The van der Waals surface area contributed by atoms with E-state index >= 15 is 0 Å². The van der Waals surface area contributed by atoms with Crippen molar-refractivity contribution < 1.29 is 9.53 Å². The summed E-state index contributed by atoms with van der Waals surface area (Å²) in [5.74, 6) is 0.823. The van der Waals surface area contributed by atoms with Gasteiger partial charge in [0, 0.05) is 17.4 Å². The number of aromatic nitrogens is 3. The molecule has 2 aromatic carbocycles. The maximum Gasteiger partial charge on any atom is 0.220 e. The van der Waals surface area contributed by atoms with E-state index in [9.17, 15) is 4.79 Å². The Balaban J connectivity index is 1.37. The fourth-order valence-electron chi connectivity index (χ4n) is 2.61. The summed E-state index contributed by atoms with van der Waals surface area (Å²) in [6.07, 6.45) is 4.31. The van der Waals surface area contributed by atoms with E-state index < -0.39 is 0 Å². The van der Waals surface area contributed by atoms with Crippen LogP contribution in [0.15, 0.2) is 65.7 Å². The van der Waals surface area contributed by atoms with E-state index in [0.717, 1.165) is 21.3 Å². The van der Waals surface area contributed by atoms with Crippen molar-refractivity contribution in [3.63, 3.8) is 0 Å². The van der Waals surface area contributed by atoms with Crippen molar-refractivity contribution >= 4 is 21.8 Å². The third-order valence-electron chi connectivity index (χ3n) is 3.91. The SMILES string of the molecule is O=C(CCCOc1cccc(Br)c1)NCc1cccc(Cn2cncn2)c1. The summed E-state index contributed by atoms with van der Waals surface area (Å²) in [5, 5.41) is 7.06. The summed E-state index contributed by atoms with van der Waals surface area (Å²) < 4.78 is 8.38. The van der Waals surface area contributed by atoms with Gasteiger partial charge in [0.2, 0.25) is 5.91 Å². The molecule has 7 heteroatoms. The summed E-state index contributed by atoms with van der Waals surface area (Å²) in [5.41, 5.74) is 2.18. The molecule has 6 nitrogen and oxygen atoms in total. The maximum absolute atomic E-state index is 12.0. The van der Waals surface area contributed by atoms with Crippen LogP contribution in [0.5, 0.6) is 5.75 Å². The molecule has 0 atom stereocenters. The molecule has 3 aromatic rings. The van der Waals surface area contributed by atoms with Crippen molar-refractivity contribution in [1.29, 1.82) is 0 Å². The average molecular weight is 429 g/mol. The monoisotopic (exact) mass is 428 g/mol. The van der Waals surface area contributed by atoms with Gasteiger partial charge in [-0.05, 0) is 35.7 Å². The molecule has 0 fully saturated rings. The predicted molar refractivity (Wildman–Crippen MR) is 106 cm³/mol. The van der Waals surface area contributed by atoms with Crippen molar-refractivity contribution in [2.75, 3.05) is 6.61 Å². The first-order valence-corrected chi connectivity index (χ1v) is 9.53. The molecule has 0 saturated heterocycles. The summed E-state index contributed by atoms with van der Waals surface area (Å²) >= 11 is 3.41. The van der Waals surface area contributed by atoms with Crippen molar-refractivity contribution in [2.24, 2.45) is 0 Å². The van der Waals surface area contributed by atoms with E-state index in [-0.39, 0.29) is 5.91 Å². The quantitative estimate of drug-likeness (QED) is 0.528. The molecule has 3 rings (SSSR count). The Morgan fingerprint density at radius 3 is 2.81 bits per heavy atom. The van der Waals surface area contributed by atoms with Gasteiger partial charge in [-0.15, -0.1) is 0 Å². The number of benzene rings is 2. The van der Waals surface area contributed by atoms with Crippen LogP contribution in [0.4, 0.5) is 0 Å². The second-order valence-electron chi connectivity index (χ2n) is 6.10. The van der Waals surface area contributed by atoms with E-state index in [1.54, 1.807) is 11.0 Å². The van der Waals surface area contributed by atoms with E-state index in [0.29, 0.717) is 32.5 Å². The van der Waals surface area contributed by atoms with E-state index in [4.69, 9.17) is 4.74 Å². The zero-order valence-electron chi connectivity index (χ0n) is 14.8. The van der Waals surface area contributed by atoms with Crippen LogP contribution < -0.4 is 10.1 Å². The molecule has 0 aliphatic carbocycles. The number of hydrogen-bond acceptors (Lipinski definition) is 4. The third-order valence-corrected chi connectivity index (χ3v) is 4.40. The summed E-state index contributed by atoms with van der Waals surface area (Å²) in [4.78, 5) is 16.0. The normalized spacial score (nSPS) is 10.6. The van der Waals surface area contributed by atoms with E-state index in [1.807, 2.05) is 42.5 Å². The van der Waals surface area contributed by atoms with Gasteiger partial charge < -0.3 is 10.1 Å². The van der Waals surface area contributed by atoms with Crippen LogP contribution in [0.3, 0.4) is 0 Å². The number of hydrogen-bond donors (Lipinski definition) is 1. The summed E-state index contributed by atoms with van der Waals surface area (Å²) in [7, 11) is 0. The fraction of sp³-hybridized carbons (Fsp3) is 0.250. The molecule has 0 unspecified atom stereocenters. The zero-order chi connectivity index (χ0) is 18.9. The first-order chi connectivity index (χ1) is 13.2. The van der Waals surface area contributed by atoms with Gasteiger partial charge in [0.05, 0.1) is 13.2 Å². The Bertz CT molecular complexity index is 868. The van der Waals surface area contributed by atoms with Crippen LogP contribution in [-0.4, -0.2) is 27.3 Å². The van der Waals surface area contributed by atoms with Gasteiger partial charge in [-0.2, -0.15) is 5.10 Å². The minimum atomic E-state index is 0.0227. The van der Waals surface area contributed by atoms with Crippen LogP contribution in [0.2, 0.25) is 0 Å². The number of amides is 1. The molecule has 1 N–H and O–H groups in total. The predicted octanol–water partition coefficient (Wildman–Crippen LogP) is 3.56. The first kappa shape index (κ1) is 19.1. The summed E-state index contributed by atoms with van der Waals surface area (Å²) in [6.45, 7) is 1.68. The number of nitrogens with zero attached hydrogens (tertiary/aromatic N) is 3. The van der Waals surface area contributed by atoms with E-state index in [1.165, 1.54) is 6.33 Å². The third kappa shape index (κ3) is 6.53.